The van der Waals surface area contributed by atoms with E-state index in [-0.39, 0.29) is 11.8 Å². The summed E-state index contributed by atoms with van der Waals surface area (Å²) in [7, 11) is 1.51. The second-order valence-electron chi connectivity index (χ2n) is 6.10. The fourth-order valence-electron chi connectivity index (χ4n) is 2.66. The van der Waals surface area contributed by atoms with Crippen molar-refractivity contribution in [1.29, 1.82) is 0 Å². The minimum atomic E-state index is -0.281. The van der Waals surface area contributed by atoms with E-state index >= 15 is 0 Å². The number of carbonyl (C=O) groups is 2. The lowest BCUT2D eigenvalue weighted by Gasteiger charge is -2.11. The highest BCUT2D eigenvalue weighted by Crippen LogP contribution is 2.33. The van der Waals surface area contributed by atoms with Gasteiger partial charge in [0.05, 0.1) is 12.8 Å². The highest BCUT2D eigenvalue weighted by Gasteiger charge is 2.08. The van der Waals surface area contributed by atoms with Crippen LogP contribution < -0.4 is 15.4 Å². The molecule has 0 atom stereocenters. The highest BCUT2D eigenvalue weighted by molar-refractivity contribution is 7.16. The van der Waals surface area contributed by atoms with Gasteiger partial charge in [-0.1, -0.05) is 29.8 Å². The van der Waals surface area contributed by atoms with Gasteiger partial charge >= 0.3 is 0 Å². The number of halogens is 1. The molecule has 0 bridgehead atoms. The molecule has 0 aliphatic carbocycles. The molecule has 0 fully saturated rings. The zero-order valence-corrected chi connectivity index (χ0v) is 17.4. The van der Waals surface area contributed by atoms with Crippen molar-refractivity contribution in [2.45, 2.75) is 6.92 Å². The number of thiophene rings is 1. The molecule has 0 saturated heterocycles. The minimum Gasteiger partial charge on any atom is -0.495 e. The lowest BCUT2D eigenvalue weighted by molar-refractivity contribution is -0.114. The minimum absolute atomic E-state index is 0.223. The Morgan fingerprint density at radius 2 is 1.86 bits per heavy atom. The van der Waals surface area contributed by atoms with Gasteiger partial charge in [-0.05, 0) is 42.5 Å². The number of carbonyl (C=O) groups excluding carboxylic acids is 2. The Kier molecular flexibility index (Phi) is 6.69. The molecule has 3 rings (SSSR count). The molecule has 0 spiro atoms. The number of hydrogen-bond donors (Lipinski definition) is 2. The maximum absolute atomic E-state index is 12.3. The second-order valence-corrected chi connectivity index (χ2v) is 7.62. The first kappa shape index (κ1) is 20.6. The first-order valence-corrected chi connectivity index (χ1v) is 9.95. The van der Waals surface area contributed by atoms with Gasteiger partial charge in [0.1, 0.15) is 5.75 Å². The normalized spacial score (nSPS) is 10.7. The molecule has 2 aromatic carbocycles. The monoisotopic (exact) mass is 426 g/mol. The predicted molar refractivity (Wildman–Crippen MR) is 120 cm³/mol. The summed E-state index contributed by atoms with van der Waals surface area (Å²) in [4.78, 5) is 25.6. The number of methoxy groups -OCH3 is 1. The number of rotatable bonds is 6. The topological polar surface area (TPSA) is 67.4 Å². The SMILES string of the molecule is COc1ccc(NC(=O)/C=C/c2ccc(-c3ccccc3Cl)s2)cc1NC(C)=O. The summed E-state index contributed by atoms with van der Waals surface area (Å²) in [5, 5.41) is 6.14. The van der Waals surface area contributed by atoms with Crippen molar-refractivity contribution in [3.8, 4) is 16.2 Å². The molecule has 148 valence electrons. The number of benzene rings is 2. The molecule has 0 unspecified atom stereocenters. The average molecular weight is 427 g/mol. The summed E-state index contributed by atoms with van der Waals surface area (Å²) in [6.45, 7) is 1.41. The van der Waals surface area contributed by atoms with E-state index in [1.807, 2.05) is 36.4 Å². The maximum Gasteiger partial charge on any atom is 0.248 e. The quantitative estimate of drug-likeness (QED) is 0.498. The zero-order chi connectivity index (χ0) is 20.8. The van der Waals surface area contributed by atoms with Crippen LogP contribution in [-0.4, -0.2) is 18.9 Å². The third kappa shape index (κ3) is 5.47. The van der Waals surface area contributed by atoms with Crippen LogP contribution in [-0.2, 0) is 9.59 Å². The average Bonchev–Trinajstić information content (AvgIpc) is 3.15. The van der Waals surface area contributed by atoms with Crippen molar-refractivity contribution in [2.24, 2.45) is 0 Å². The Morgan fingerprint density at radius 1 is 1.07 bits per heavy atom. The van der Waals surface area contributed by atoms with Crippen LogP contribution in [0.1, 0.15) is 11.8 Å². The van der Waals surface area contributed by atoms with Crippen LogP contribution in [0.2, 0.25) is 5.02 Å². The third-order valence-corrected chi connectivity index (χ3v) is 5.36. The Labute approximate surface area is 178 Å². The molecule has 5 nitrogen and oxygen atoms in total. The summed E-state index contributed by atoms with van der Waals surface area (Å²) in [5.74, 6) is 0.00903. The first-order chi connectivity index (χ1) is 14.0. The summed E-state index contributed by atoms with van der Waals surface area (Å²) in [6, 6.07) is 16.6. The van der Waals surface area contributed by atoms with E-state index in [0.29, 0.717) is 22.1 Å². The predicted octanol–water partition coefficient (Wildman–Crippen LogP) is 5.69. The lowest BCUT2D eigenvalue weighted by atomic mass is 10.2. The summed E-state index contributed by atoms with van der Waals surface area (Å²) in [5.41, 5.74) is 2.00. The number of anilines is 2. The van der Waals surface area contributed by atoms with Gasteiger partial charge in [0.15, 0.2) is 0 Å². The molecule has 7 heteroatoms. The smallest absolute Gasteiger partial charge is 0.248 e. The van der Waals surface area contributed by atoms with E-state index in [9.17, 15) is 9.59 Å². The molecule has 3 aromatic rings. The molecule has 0 aliphatic heterocycles. The van der Waals surface area contributed by atoms with Crippen LogP contribution in [0.5, 0.6) is 5.75 Å². The highest BCUT2D eigenvalue weighted by atomic mass is 35.5. The number of nitrogens with one attached hydrogen (secondary N) is 2. The van der Waals surface area contributed by atoms with Gasteiger partial charge in [0, 0.05) is 39.0 Å². The van der Waals surface area contributed by atoms with Gasteiger partial charge in [-0.2, -0.15) is 0 Å². The van der Waals surface area contributed by atoms with E-state index in [2.05, 4.69) is 10.6 Å². The molecular weight excluding hydrogens is 408 g/mol. The van der Waals surface area contributed by atoms with Crippen LogP contribution in [0.4, 0.5) is 11.4 Å². The zero-order valence-electron chi connectivity index (χ0n) is 15.9. The Balaban J connectivity index is 1.69. The summed E-state index contributed by atoms with van der Waals surface area (Å²) >= 11 is 7.79. The lowest BCUT2D eigenvalue weighted by Crippen LogP contribution is -2.10. The van der Waals surface area contributed by atoms with Crippen molar-refractivity contribution in [3.05, 3.63) is 70.6 Å². The molecule has 2 N–H and O–H groups in total. The number of hydrogen-bond acceptors (Lipinski definition) is 4. The van der Waals surface area contributed by atoms with Crippen molar-refractivity contribution in [3.63, 3.8) is 0 Å². The van der Waals surface area contributed by atoms with Gasteiger partial charge in [0.25, 0.3) is 0 Å². The van der Waals surface area contributed by atoms with Crippen LogP contribution in [0.3, 0.4) is 0 Å². The molecule has 0 aliphatic rings. The van der Waals surface area contributed by atoms with E-state index in [1.165, 1.54) is 20.1 Å². The van der Waals surface area contributed by atoms with Gasteiger partial charge in [0.2, 0.25) is 11.8 Å². The number of ether oxygens (including phenoxy) is 1. The van der Waals surface area contributed by atoms with Crippen LogP contribution in [0.15, 0.2) is 60.7 Å². The molecule has 1 heterocycles. The molecule has 2 amide bonds. The fourth-order valence-corrected chi connectivity index (χ4v) is 3.91. The third-order valence-electron chi connectivity index (χ3n) is 3.94. The molecule has 0 radical (unpaired) electrons. The van der Waals surface area contributed by atoms with Crippen LogP contribution in [0.25, 0.3) is 16.5 Å². The standard InChI is InChI=1S/C22H19ClN2O3S/c1-14(26)24-19-13-15(7-10-20(19)28-2)25-22(27)12-9-16-8-11-21(29-16)17-5-3-4-6-18(17)23/h3-13H,1-2H3,(H,24,26)(H,25,27)/b12-9+. The van der Waals surface area contributed by atoms with E-state index < -0.39 is 0 Å². The largest absolute Gasteiger partial charge is 0.495 e. The number of amides is 2. The van der Waals surface area contributed by atoms with Crippen LogP contribution >= 0.6 is 22.9 Å². The Morgan fingerprint density at radius 3 is 2.59 bits per heavy atom. The summed E-state index contributed by atoms with van der Waals surface area (Å²) in [6.07, 6.45) is 3.21. The van der Waals surface area contributed by atoms with Crippen molar-refractivity contribution in [1.82, 2.24) is 0 Å². The maximum atomic E-state index is 12.3. The van der Waals surface area contributed by atoms with Gasteiger partial charge in [-0.15, -0.1) is 11.3 Å². The van der Waals surface area contributed by atoms with Crippen molar-refractivity contribution in [2.75, 3.05) is 17.7 Å². The molecule has 1 aromatic heterocycles. The fraction of sp³-hybridized carbons (Fsp3) is 0.0909. The van der Waals surface area contributed by atoms with Crippen molar-refractivity contribution < 1.29 is 14.3 Å². The van der Waals surface area contributed by atoms with Crippen LogP contribution in [0, 0.1) is 0 Å². The molecular formula is C22H19ClN2O3S. The van der Waals surface area contributed by atoms with Gasteiger partial charge in [-0.25, -0.2) is 0 Å². The Bertz CT molecular complexity index is 1080. The van der Waals surface area contributed by atoms with E-state index in [4.69, 9.17) is 16.3 Å². The van der Waals surface area contributed by atoms with Gasteiger partial charge < -0.3 is 15.4 Å². The molecule has 29 heavy (non-hydrogen) atoms. The second kappa shape index (κ2) is 9.41. The summed E-state index contributed by atoms with van der Waals surface area (Å²) < 4.78 is 5.21. The molecule has 0 saturated carbocycles. The van der Waals surface area contributed by atoms with Crippen molar-refractivity contribution >= 4 is 52.2 Å². The Hall–Kier alpha value is -3.09. The first-order valence-electron chi connectivity index (χ1n) is 8.75. The van der Waals surface area contributed by atoms with Gasteiger partial charge in [-0.3, -0.25) is 9.59 Å². The van der Waals surface area contributed by atoms with E-state index in [0.717, 1.165) is 15.3 Å². The van der Waals surface area contributed by atoms with E-state index in [1.54, 1.807) is 35.6 Å².